The predicted molar refractivity (Wildman–Crippen MR) is 89.1 cm³/mol. The fraction of sp³-hybridized carbons (Fsp3) is 0.200. The van der Waals surface area contributed by atoms with Gasteiger partial charge >= 0.3 is 0 Å². The van der Waals surface area contributed by atoms with Crippen LogP contribution in [-0.2, 0) is 10.0 Å². The number of hydrogen-bond acceptors (Lipinski definition) is 2. The normalized spacial score (nSPS) is 13.1. The zero-order chi connectivity index (χ0) is 15.6. The monoisotopic (exact) mass is 387 g/mol. The van der Waals surface area contributed by atoms with Crippen molar-refractivity contribution in [2.45, 2.75) is 24.8 Å². The summed E-state index contributed by atoms with van der Waals surface area (Å²) in [6.07, 6.45) is 0. The van der Waals surface area contributed by atoms with Crippen molar-refractivity contribution in [2.75, 3.05) is 0 Å². The molecule has 0 amide bonds. The Morgan fingerprint density at radius 1 is 1.19 bits per heavy atom. The summed E-state index contributed by atoms with van der Waals surface area (Å²) in [7, 11) is -3.62. The summed E-state index contributed by atoms with van der Waals surface area (Å²) in [6, 6.07) is 12.0. The first kappa shape index (κ1) is 16.5. The zero-order valence-corrected chi connectivity index (χ0v) is 14.8. The maximum absolute atomic E-state index is 12.5. The Bertz CT molecular complexity index is 762. The summed E-state index contributed by atoms with van der Waals surface area (Å²) in [5.74, 6) is 0. The molecule has 3 nitrogen and oxygen atoms in total. The second kappa shape index (κ2) is 6.48. The van der Waals surface area contributed by atoms with E-state index in [0.29, 0.717) is 10.6 Å². The molecular formula is C15H15BrClNO2S. The van der Waals surface area contributed by atoms with Gasteiger partial charge in [-0.1, -0.05) is 45.7 Å². The fourth-order valence-electron chi connectivity index (χ4n) is 2.02. The molecule has 0 saturated heterocycles. The Morgan fingerprint density at radius 3 is 2.52 bits per heavy atom. The van der Waals surface area contributed by atoms with E-state index in [4.69, 9.17) is 11.6 Å². The second-order valence-corrected chi connectivity index (χ2v) is 7.77. The molecule has 0 heterocycles. The van der Waals surface area contributed by atoms with Crippen LogP contribution >= 0.6 is 27.5 Å². The van der Waals surface area contributed by atoms with Gasteiger partial charge in [0.2, 0.25) is 10.0 Å². The molecule has 21 heavy (non-hydrogen) atoms. The van der Waals surface area contributed by atoms with Gasteiger partial charge in [0.15, 0.2) is 0 Å². The van der Waals surface area contributed by atoms with Crippen molar-refractivity contribution in [1.29, 1.82) is 0 Å². The maximum atomic E-state index is 12.5. The molecule has 0 radical (unpaired) electrons. The van der Waals surface area contributed by atoms with Crippen LogP contribution in [0.4, 0.5) is 0 Å². The first-order valence-corrected chi connectivity index (χ1v) is 8.99. The summed E-state index contributed by atoms with van der Waals surface area (Å²) in [4.78, 5) is 0.205. The van der Waals surface area contributed by atoms with E-state index in [1.54, 1.807) is 32.0 Å². The van der Waals surface area contributed by atoms with Crippen LogP contribution in [0.1, 0.15) is 24.1 Å². The highest BCUT2D eigenvalue weighted by Gasteiger charge is 2.21. The van der Waals surface area contributed by atoms with Crippen LogP contribution in [0.25, 0.3) is 0 Å². The average molecular weight is 389 g/mol. The van der Waals surface area contributed by atoms with Crippen LogP contribution in [0.15, 0.2) is 51.8 Å². The van der Waals surface area contributed by atoms with Crippen molar-refractivity contribution in [1.82, 2.24) is 4.72 Å². The lowest BCUT2D eigenvalue weighted by Crippen LogP contribution is -2.27. The van der Waals surface area contributed by atoms with Gasteiger partial charge in [-0.2, -0.15) is 0 Å². The van der Waals surface area contributed by atoms with Gasteiger partial charge in [-0.25, -0.2) is 13.1 Å². The lowest BCUT2D eigenvalue weighted by Gasteiger charge is -2.16. The Balaban J connectivity index is 2.31. The van der Waals surface area contributed by atoms with Crippen LogP contribution in [0.2, 0.25) is 5.02 Å². The van der Waals surface area contributed by atoms with Gasteiger partial charge in [-0.3, -0.25) is 0 Å². The third kappa shape index (κ3) is 3.86. The highest BCUT2D eigenvalue weighted by atomic mass is 79.9. The van der Waals surface area contributed by atoms with Crippen LogP contribution in [0.3, 0.4) is 0 Å². The third-order valence-electron chi connectivity index (χ3n) is 3.19. The van der Waals surface area contributed by atoms with Crippen LogP contribution in [0.5, 0.6) is 0 Å². The van der Waals surface area contributed by atoms with E-state index in [9.17, 15) is 8.42 Å². The quantitative estimate of drug-likeness (QED) is 0.841. The topological polar surface area (TPSA) is 46.2 Å². The molecule has 2 aromatic carbocycles. The first-order valence-electron chi connectivity index (χ1n) is 6.34. The summed E-state index contributed by atoms with van der Waals surface area (Å²) in [6.45, 7) is 3.50. The Morgan fingerprint density at radius 2 is 1.86 bits per heavy atom. The molecule has 0 fully saturated rings. The average Bonchev–Trinajstić information content (AvgIpc) is 2.41. The van der Waals surface area contributed by atoms with Crippen molar-refractivity contribution in [3.05, 3.63) is 63.1 Å². The number of hydrogen-bond donors (Lipinski definition) is 1. The van der Waals surface area contributed by atoms with E-state index in [2.05, 4.69) is 20.7 Å². The van der Waals surface area contributed by atoms with Crippen LogP contribution in [0, 0.1) is 6.92 Å². The lowest BCUT2D eigenvalue weighted by molar-refractivity contribution is 0.566. The van der Waals surface area contributed by atoms with Gasteiger partial charge < -0.3 is 0 Å². The SMILES string of the molecule is Cc1c(Cl)cccc1S(=O)(=O)N[C@H](C)c1cccc(Br)c1. The number of rotatable bonds is 4. The minimum absolute atomic E-state index is 0.205. The summed E-state index contributed by atoms with van der Waals surface area (Å²) >= 11 is 9.38. The molecule has 1 N–H and O–H groups in total. The Labute approximate surface area is 138 Å². The van der Waals surface area contributed by atoms with E-state index >= 15 is 0 Å². The van der Waals surface area contributed by atoms with Crippen molar-refractivity contribution in [3.63, 3.8) is 0 Å². The predicted octanol–water partition coefficient (Wildman–Crippen LogP) is 4.45. The van der Waals surface area contributed by atoms with Gasteiger partial charge in [0.25, 0.3) is 0 Å². The van der Waals surface area contributed by atoms with E-state index in [1.165, 1.54) is 0 Å². The summed E-state index contributed by atoms with van der Waals surface area (Å²) in [5, 5.41) is 0.438. The minimum Gasteiger partial charge on any atom is -0.207 e. The van der Waals surface area contributed by atoms with Crippen LogP contribution < -0.4 is 4.72 Å². The zero-order valence-electron chi connectivity index (χ0n) is 11.6. The first-order chi connectivity index (χ1) is 9.81. The molecule has 0 aliphatic rings. The maximum Gasteiger partial charge on any atom is 0.241 e. The number of nitrogens with one attached hydrogen (secondary N) is 1. The summed E-state index contributed by atoms with van der Waals surface area (Å²) in [5.41, 5.74) is 1.43. The number of sulfonamides is 1. The molecule has 6 heteroatoms. The van der Waals surface area contributed by atoms with Gasteiger partial charge in [0, 0.05) is 15.5 Å². The molecule has 2 aromatic rings. The van der Waals surface area contributed by atoms with E-state index in [-0.39, 0.29) is 10.9 Å². The number of benzene rings is 2. The molecule has 0 unspecified atom stereocenters. The van der Waals surface area contributed by atoms with Crippen molar-refractivity contribution >= 4 is 37.6 Å². The molecule has 0 aliphatic heterocycles. The van der Waals surface area contributed by atoms with Gasteiger partial charge in [0.1, 0.15) is 0 Å². The molecule has 0 bridgehead atoms. The van der Waals surface area contributed by atoms with Crippen LogP contribution in [-0.4, -0.2) is 8.42 Å². The largest absolute Gasteiger partial charge is 0.241 e. The molecule has 112 valence electrons. The van der Waals surface area contributed by atoms with Crippen molar-refractivity contribution in [2.24, 2.45) is 0 Å². The molecule has 2 rings (SSSR count). The Kier molecular flexibility index (Phi) is 5.09. The van der Waals surface area contributed by atoms with Gasteiger partial charge in [-0.05, 0) is 49.2 Å². The highest BCUT2D eigenvalue weighted by molar-refractivity contribution is 9.10. The second-order valence-electron chi connectivity index (χ2n) is 4.76. The standard InChI is InChI=1S/C15H15BrClNO2S/c1-10-14(17)7-4-8-15(10)21(19,20)18-11(2)12-5-3-6-13(16)9-12/h3-9,11,18H,1-2H3/t11-/m1/s1. The van der Waals surface area contributed by atoms with E-state index in [1.807, 2.05) is 24.3 Å². The molecule has 0 aromatic heterocycles. The molecular weight excluding hydrogens is 374 g/mol. The van der Waals surface area contributed by atoms with E-state index < -0.39 is 10.0 Å². The van der Waals surface area contributed by atoms with Gasteiger partial charge in [0.05, 0.1) is 4.90 Å². The molecule has 1 atom stereocenters. The van der Waals surface area contributed by atoms with Gasteiger partial charge in [-0.15, -0.1) is 0 Å². The highest BCUT2D eigenvalue weighted by Crippen LogP contribution is 2.25. The lowest BCUT2D eigenvalue weighted by atomic mass is 10.1. The molecule has 0 aliphatic carbocycles. The fourth-order valence-corrected chi connectivity index (χ4v) is 4.17. The summed E-state index contributed by atoms with van der Waals surface area (Å²) < 4.78 is 28.6. The smallest absolute Gasteiger partial charge is 0.207 e. The minimum atomic E-state index is -3.62. The Hall–Kier alpha value is -0.880. The molecule has 0 spiro atoms. The number of halogens is 2. The van der Waals surface area contributed by atoms with Crippen molar-refractivity contribution in [3.8, 4) is 0 Å². The van der Waals surface area contributed by atoms with Crippen molar-refractivity contribution < 1.29 is 8.42 Å². The third-order valence-corrected chi connectivity index (χ3v) is 5.78. The molecule has 0 saturated carbocycles. The van der Waals surface area contributed by atoms with E-state index in [0.717, 1.165) is 10.0 Å².